The fourth-order valence-corrected chi connectivity index (χ4v) is 1.23. The van der Waals surface area contributed by atoms with E-state index < -0.39 is 0 Å². The SMILES string of the molecule is C=CCN1C=CN(CCC)C1.Cl. The minimum Gasteiger partial charge on any atom is -0.359 e. The highest BCUT2D eigenvalue weighted by atomic mass is 35.5. The van der Waals surface area contributed by atoms with Crippen molar-refractivity contribution in [3.05, 3.63) is 25.1 Å². The van der Waals surface area contributed by atoms with Crippen LogP contribution in [0.5, 0.6) is 0 Å². The number of nitrogens with zero attached hydrogens (tertiary/aromatic N) is 2. The maximum absolute atomic E-state index is 3.70. The molecule has 0 amide bonds. The molecule has 0 fully saturated rings. The van der Waals surface area contributed by atoms with Crippen LogP contribution in [0.3, 0.4) is 0 Å². The van der Waals surface area contributed by atoms with E-state index in [-0.39, 0.29) is 12.4 Å². The van der Waals surface area contributed by atoms with E-state index in [2.05, 4.69) is 35.7 Å². The average Bonchev–Trinajstić information content (AvgIpc) is 2.38. The molecule has 0 atom stereocenters. The molecule has 0 saturated carbocycles. The van der Waals surface area contributed by atoms with E-state index in [9.17, 15) is 0 Å². The first-order valence-electron chi connectivity index (χ1n) is 4.14. The van der Waals surface area contributed by atoms with Gasteiger partial charge in [0.1, 0.15) is 0 Å². The summed E-state index contributed by atoms with van der Waals surface area (Å²) in [4.78, 5) is 4.55. The number of rotatable bonds is 4. The third kappa shape index (κ3) is 3.18. The summed E-state index contributed by atoms with van der Waals surface area (Å²) in [6.45, 7) is 9.04. The Morgan fingerprint density at radius 1 is 1.42 bits per heavy atom. The third-order valence-electron chi connectivity index (χ3n) is 1.73. The van der Waals surface area contributed by atoms with Gasteiger partial charge in [0.15, 0.2) is 0 Å². The average molecular weight is 189 g/mol. The van der Waals surface area contributed by atoms with E-state index in [1.54, 1.807) is 0 Å². The van der Waals surface area contributed by atoms with E-state index >= 15 is 0 Å². The molecule has 0 aromatic rings. The van der Waals surface area contributed by atoms with Crippen LogP contribution in [0.1, 0.15) is 13.3 Å². The Morgan fingerprint density at radius 2 is 2.08 bits per heavy atom. The van der Waals surface area contributed by atoms with Gasteiger partial charge >= 0.3 is 0 Å². The molecule has 0 bridgehead atoms. The van der Waals surface area contributed by atoms with Gasteiger partial charge in [-0.15, -0.1) is 19.0 Å². The van der Waals surface area contributed by atoms with E-state index in [1.165, 1.54) is 6.42 Å². The monoisotopic (exact) mass is 188 g/mol. The Kier molecular flexibility index (Phi) is 5.64. The van der Waals surface area contributed by atoms with E-state index in [1.807, 2.05) is 6.08 Å². The highest BCUT2D eigenvalue weighted by molar-refractivity contribution is 5.85. The first-order chi connectivity index (χ1) is 5.36. The first-order valence-corrected chi connectivity index (χ1v) is 4.14. The molecule has 0 spiro atoms. The molecule has 12 heavy (non-hydrogen) atoms. The number of halogens is 1. The highest BCUT2D eigenvalue weighted by Gasteiger charge is 2.08. The van der Waals surface area contributed by atoms with Crippen LogP contribution < -0.4 is 0 Å². The highest BCUT2D eigenvalue weighted by Crippen LogP contribution is 2.05. The van der Waals surface area contributed by atoms with Gasteiger partial charge in [-0.3, -0.25) is 0 Å². The van der Waals surface area contributed by atoms with Crippen molar-refractivity contribution in [1.29, 1.82) is 0 Å². The molecule has 2 nitrogen and oxygen atoms in total. The lowest BCUT2D eigenvalue weighted by Gasteiger charge is -2.19. The van der Waals surface area contributed by atoms with Gasteiger partial charge in [0.2, 0.25) is 0 Å². The van der Waals surface area contributed by atoms with Crippen molar-refractivity contribution in [3.63, 3.8) is 0 Å². The largest absolute Gasteiger partial charge is 0.359 e. The lowest BCUT2D eigenvalue weighted by Crippen LogP contribution is -2.25. The van der Waals surface area contributed by atoms with Crippen molar-refractivity contribution in [2.45, 2.75) is 13.3 Å². The summed E-state index contributed by atoms with van der Waals surface area (Å²) in [6.07, 6.45) is 7.41. The summed E-state index contributed by atoms with van der Waals surface area (Å²) in [5.41, 5.74) is 0. The fourth-order valence-electron chi connectivity index (χ4n) is 1.23. The first kappa shape index (κ1) is 11.4. The van der Waals surface area contributed by atoms with Crippen LogP contribution in [0, 0.1) is 0 Å². The van der Waals surface area contributed by atoms with E-state index in [0.717, 1.165) is 19.8 Å². The second kappa shape index (κ2) is 5.95. The molecular weight excluding hydrogens is 172 g/mol. The van der Waals surface area contributed by atoms with Crippen LogP contribution in [-0.4, -0.2) is 29.6 Å². The third-order valence-corrected chi connectivity index (χ3v) is 1.73. The van der Waals surface area contributed by atoms with Crippen LogP contribution in [0.25, 0.3) is 0 Å². The molecule has 0 unspecified atom stereocenters. The maximum atomic E-state index is 3.70. The second-order valence-electron chi connectivity index (χ2n) is 2.81. The van der Waals surface area contributed by atoms with Gasteiger partial charge in [0, 0.05) is 25.5 Å². The molecule has 70 valence electrons. The fraction of sp³-hybridized carbons (Fsp3) is 0.556. The molecule has 0 saturated heterocycles. The quantitative estimate of drug-likeness (QED) is 0.624. The summed E-state index contributed by atoms with van der Waals surface area (Å²) in [6, 6.07) is 0. The van der Waals surface area contributed by atoms with Crippen molar-refractivity contribution in [2.24, 2.45) is 0 Å². The molecule has 0 radical (unpaired) electrons. The van der Waals surface area contributed by atoms with E-state index in [0.29, 0.717) is 0 Å². The summed E-state index contributed by atoms with van der Waals surface area (Å²) in [5, 5.41) is 0. The van der Waals surface area contributed by atoms with Gasteiger partial charge in [-0.1, -0.05) is 13.0 Å². The van der Waals surface area contributed by atoms with Crippen LogP contribution in [0.2, 0.25) is 0 Å². The lowest BCUT2D eigenvalue weighted by molar-refractivity contribution is 0.281. The van der Waals surface area contributed by atoms with Gasteiger partial charge in [-0.2, -0.15) is 0 Å². The van der Waals surface area contributed by atoms with Gasteiger partial charge < -0.3 is 9.80 Å². The molecule has 1 rings (SSSR count). The molecule has 0 aromatic carbocycles. The summed E-state index contributed by atoms with van der Waals surface area (Å²) >= 11 is 0. The second-order valence-corrected chi connectivity index (χ2v) is 2.81. The minimum atomic E-state index is 0. The van der Waals surface area contributed by atoms with Crippen molar-refractivity contribution in [1.82, 2.24) is 9.80 Å². The zero-order valence-electron chi connectivity index (χ0n) is 7.57. The predicted octanol–water partition coefficient (Wildman–Crippen LogP) is 2.05. The standard InChI is InChI=1S/C9H16N2.ClH/c1-3-5-10-7-8-11(9-10)6-4-2;/h3,7-8H,1,4-6,9H2,2H3;1H. The Balaban J connectivity index is 0.00000121. The van der Waals surface area contributed by atoms with Gasteiger partial charge in [-0.25, -0.2) is 0 Å². The Bertz CT molecular complexity index is 157. The van der Waals surface area contributed by atoms with Crippen molar-refractivity contribution >= 4 is 12.4 Å². The number of hydrogen-bond acceptors (Lipinski definition) is 2. The van der Waals surface area contributed by atoms with E-state index in [4.69, 9.17) is 0 Å². The molecule has 0 N–H and O–H groups in total. The zero-order chi connectivity index (χ0) is 8.10. The van der Waals surface area contributed by atoms with Gasteiger partial charge in [-0.05, 0) is 6.42 Å². The van der Waals surface area contributed by atoms with Crippen molar-refractivity contribution in [2.75, 3.05) is 19.8 Å². The Labute approximate surface area is 80.9 Å². The topological polar surface area (TPSA) is 6.48 Å². The lowest BCUT2D eigenvalue weighted by atomic mass is 10.4. The van der Waals surface area contributed by atoms with Crippen molar-refractivity contribution in [3.8, 4) is 0 Å². The zero-order valence-corrected chi connectivity index (χ0v) is 8.39. The summed E-state index contributed by atoms with van der Waals surface area (Å²) < 4.78 is 0. The van der Waals surface area contributed by atoms with Gasteiger partial charge in [0.05, 0.1) is 6.67 Å². The molecular formula is C9H17ClN2. The van der Waals surface area contributed by atoms with Crippen LogP contribution >= 0.6 is 12.4 Å². The minimum absolute atomic E-state index is 0. The molecule has 1 heterocycles. The number of hydrogen-bond donors (Lipinski definition) is 0. The summed E-state index contributed by atoms with van der Waals surface area (Å²) in [5.74, 6) is 0. The van der Waals surface area contributed by atoms with Crippen LogP contribution in [-0.2, 0) is 0 Å². The molecule has 3 heteroatoms. The molecule has 1 aliphatic rings. The van der Waals surface area contributed by atoms with Crippen LogP contribution in [0.15, 0.2) is 25.1 Å². The van der Waals surface area contributed by atoms with Gasteiger partial charge in [0.25, 0.3) is 0 Å². The smallest absolute Gasteiger partial charge is 0.0896 e. The van der Waals surface area contributed by atoms with Crippen molar-refractivity contribution < 1.29 is 0 Å². The molecule has 1 aliphatic heterocycles. The Hall–Kier alpha value is -0.630. The molecule has 0 aromatic heterocycles. The Morgan fingerprint density at radius 3 is 2.67 bits per heavy atom. The predicted molar refractivity (Wildman–Crippen MR) is 55.2 cm³/mol. The maximum Gasteiger partial charge on any atom is 0.0896 e. The summed E-state index contributed by atoms with van der Waals surface area (Å²) in [7, 11) is 0. The normalized spacial score (nSPS) is 14.8. The molecule has 0 aliphatic carbocycles. The van der Waals surface area contributed by atoms with Crippen LogP contribution in [0.4, 0.5) is 0 Å².